The number of benzene rings is 1. The highest BCUT2D eigenvalue weighted by molar-refractivity contribution is 5.84. The second-order valence-electron chi connectivity index (χ2n) is 4.92. The van der Waals surface area contributed by atoms with Crippen LogP contribution in [0.25, 0.3) is 0 Å². The Kier molecular flexibility index (Phi) is 5.80. The van der Waals surface area contributed by atoms with Crippen molar-refractivity contribution >= 4 is 11.9 Å². The number of hydrogen-bond donors (Lipinski definition) is 2. The largest absolute Gasteiger partial charge is 0.494 e. The van der Waals surface area contributed by atoms with Gasteiger partial charge in [0.15, 0.2) is 0 Å². The fourth-order valence-electron chi connectivity index (χ4n) is 2.04. The number of hydrogen-bond acceptors (Lipinski definition) is 4. The van der Waals surface area contributed by atoms with Crippen LogP contribution in [-0.2, 0) is 17.8 Å². The molecule has 1 aromatic carbocycles. The molecular weight excluding hydrogens is 298 g/mol. The third-order valence-electron chi connectivity index (χ3n) is 3.21. The average Bonchev–Trinajstić information content (AvgIpc) is 3.02. The third kappa shape index (κ3) is 5.18. The maximum absolute atomic E-state index is 11.8. The zero-order chi connectivity index (χ0) is 16.7. The Morgan fingerprint density at radius 1 is 1.17 bits per heavy atom. The summed E-state index contributed by atoms with van der Waals surface area (Å²) in [6.07, 6.45) is 0.969. The molecule has 0 saturated carbocycles. The first-order valence-electron chi connectivity index (χ1n) is 7.39. The van der Waals surface area contributed by atoms with Crippen molar-refractivity contribution in [3.05, 3.63) is 53.5 Å². The first-order valence-corrected chi connectivity index (χ1v) is 7.39. The third-order valence-corrected chi connectivity index (χ3v) is 3.21. The van der Waals surface area contributed by atoms with Gasteiger partial charge in [-0.15, -0.1) is 0 Å². The predicted molar refractivity (Wildman–Crippen MR) is 83.4 cm³/mol. The molecule has 1 amide bonds. The van der Waals surface area contributed by atoms with E-state index in [4.69, 9.17) is 14.3 Å². The van der Waals surface area contributed by atoms with Gasteiger partial charge in [0.25, 0.3) is 0 Å². The van der Waals surface area contributed by atoms with Gasteiger partial charge in [-0.3, -0.25) is 4.79 Å². The van der Waals surface area contributed by atoms with Crippen molar-refractivity contribution in [3.63, 3.8) is 0 Å². The summed E-state index contributed by atoms with van der Waals surface area (Å²) >= 11 is 0. The number of ether oxygens (including phenoxy) is 1. The topological polar surface area (TPSA) is 88.8 Å². The number of rotatable bonds is 8. The first kappa shape index (κ1) is 16.6. The van der Waals surface area contributed by atoms with Gasteiger partial charge in [-0.1, -0.05) is 12.1 Å². The van der Waals surface area contributed by atoms with Crippen LogP contribution < -0.4 is 10.1 Å². The highest BCUT2D eigenvalue weighted by Gasteiger charge is 2.09. The van der Waals surface area contributed by atoms with E-state index in [9.17, 15) is 9.59 Å². The summed E-state index contributed by atoms with van der Waals surface area (Å²) in [5.41, 5.74) is 1.05. The Labute approximate surface area is 134 Å². The zero-order valence-electron chi connectivity index (χ0n) is 12.9. The molecule has 2 aromatic rings. The molecule has 6 nitrogen and oxygen atoms in total. The lowest BCUT2D eigenvalue weighted by atomic mass is 10.1. The summed E-state index contributed by atoms with van der Waals surface area (Å²) in [4.78, 5) is 22.5. The monoisotopic (exact) mass is 317 g/mol. The smallest absolute Gasteiger partial charge is 0.371 e. The number of nitrogens with one attached hydrogen (secondary N) is 1. The van der Waals surface area contributed by atoms with Gasteiger partial charge in [0.05, 0.1) is 13.2 Å². The summed E-state index contributed by atoms with van der Waals surface area (Å²) in [6, 6.07) is 10.5. The van der Waals surface area contributed by atoms with E-state index in [1.54, 1.807) is 0 Å². The molecule has 6 heteroatoms. The van der Waals surface area contributed by atoms with Gasteiger partial charge in [-0.25, -0.2) is 4.79 Å². The minimum absolute atomic E-state index is 0.118. The molecule has 2 N–H and O–H groups in total. The van der Waals surface area contributed by atoms with Crippen LogP contribution >= 0.6 is 0 Å². The molecule has 0 aliphatic rings. The van der Waals surface area contributed by atoms with E-state index >= 15 is 0 Å². The highest BCUT2D eigenvalue weighted by Crippen LogP contribution is 2.13. The number of carbonyl (C=O) groups is 2. The van der Waals surface area contributed by atoms with Crippen molar-refractivity contribution in [1.82, 2.24) is 5.32 Å². The fraction of sp³-hybridized carbons (Fsp3) is 0.294. The molecule has 0 aliphatic heterocycles. The Balaban J connectivity index is 1.75. The summed E-state index contributed by atoms with van der Waals surface area (Å²) in [7, 11) is 0. The molecule has 0 bridgehead atoms. The minimum Gasteiger partial charge on any atom is -0.494 e. The SMILES string of the molecule is CCOc1ccc(CCC(=O)NCc2ccc(C(=O)O)o2)cc1. The van der Waals surface area contributed by atoms with Crippen molar-refractivity contribution in [2.24, 2.45) is 0 Å². The van der Waals surface area contributed by atoms with Crippen LogP contribution in [0.5, 0.6) is 5.75 Å². The molecule has 122 valence electrons. The predicted octanol–water partition coefficient (Wildman–Crippen LogP) is 2.63. The molecule has 2 rings (SSSR count). The van der Waals surface area contributed by atoms with Gasteiger partial charge in [0.1, 0.15) is 11.5 Å². The number of carbonyl (C=O) groups excluding carboxylic acids is 1. The first-order chi connectivity index (χ1) is 11.1. The molecule has 0 fully saturated rings. The maximum atomic E-state index is 11.8. The van der Waals surface area contributed by atoms with E-state index in [2.05, 4.69) is 5.32 Å². The number of carboxylic acid groups (broad SMARTS) is 1. The van der Waals surface area contributed by atoms with Crippen molar-refractivity contribution in [3.8, 4) is 5.75 Å². The number of aryl methyl sites for hydroxylation is 1. The Morgan fingerprint density at radius 3 is 2.52 bits per heavy atom. The lowest BCUT2D eigenvalue weighted by Gasteiger charge is -2.06. The molecule has 1 heterocycles. The normalized spacial score (nSPS) is 10.3. The summed E-state index contributed by atoms with van der Waals surface area (Å²) in [5.74, 6) is -0.154. The summed E-state index contributed by atoms with van der Waals surface area (Å²) < 4.78 is 10.4. The van der Waals surface area contributed by atoms with Gasteiger partial charge in [0.2, 0.25) is 11.7 Å². The van der Waals surface area contributed by atoms with Crippen LogP contribution in [0, 0.1) is 0 Å². The molecule has 0 atom stereocenters. The highest BCUT2D eigenvalue weighted by atomic mass is 16.5. The zero-order valence-corrected chi connectivity index (χ0v) is 12.9. The van der Waals surface area contributed by atoms with Crippen LogP contribution in [0.4, 0.5) is 0 Å². The van der Waals surface area contributed by atoms with Gasteiger partial charge in [0, 0.05) is 6.42 Å². The van der Waals surface area contributed by atoms with E-state index < -0.39 is 5.97 Å². The van der Waals surface area contributed by atoms with Crippen LogP contribution in [0.15, 0.2) is 40.8 Å². The van der Waals surface area contributed by atoms with Crippen LogP contribution in [0.2, 0.25) is 0 Å². The molecular formula is C17H19NO5. The standard InChI is InChI=1S/C17H19NO5/c1-2-22-13-6-3-12(4-7-13)5-10-16(19)18-11-14-8-9-15(23-14)17(20)21/h3-4,6-9H,2,5,10-11H2,1H3,(H,18,19)(H,20,21). The molecule has 0 aliphatic carbocycles. The lowest BCUT2D eigenvalue weighted by molar-refractivity contribution is -0.121. The van der Waals surface area contributed by atoms with E-state index in [0.29, 0.717) is 25.2 Å². The average molecular weight is 317 g/mol. The van der Waals surface area contributed by atoms with Crippen molar-refractivity contribution < 1.29 is 23.8 Å². The number of amides is 1. The van der Waals surface area contributed by atoms with E-state index in [0.717, 1.165) is 11.3 Å². The van der Waals surface area contributed by atoms with Crippen LogP contribution in [0.1, 0.15) is 35.2 Å². The van der Waals surface area contributed by atoms with E-state index in [-0.39, 0.29) is 18.2 Å². The van der Waals surface area contributed by atoms with E-state index in [1.165, 1.54) is 12.1 Å². The number of furan rings is 1. The molecule has 0 spiro atoms. The summed E-state index contributed by atoms with van der Waals surface area (Å²) in [6.45, 7) is 2.73. The second kappa shape index (κ2) is 8.03. The van der Waals surface area contributed by atoms with E-state index in [1.807, 2.05) is 31.2 Å². The second-order valence-corrected chi connectivity index (χ2v) is 4.92. The van der Waals surface area contributed by atoms with Gasteiger partial charge in [-0.05, 0) is 43.2 Å². The number of aromatic carboxylic acids is 1. The Morgan fingerprint density at radius 2 is 1.91 bits per heavy atom. The Bertz CT molecular complexity index is 660. The molecule has 0 radical (unpaired) electrons. The maximum Gasteiger partial charge on any atom is 0.371 e. The van der Waals surface area contributed by atoms with Crippen molar-refractivity contribution in [2.45, 2.75) is 26.3 Å². The minimum atomic E-state index is -1.13. The van der Waals surface area contributed by atoms with Crippen LogP contribution in [-0.4, -0.2) is 23.6 Å². The van der Waals surface area contributed by atoms with Crippen LogP contribution in [0.3, 0.4) is 0 Å². The summed E-state index contributed by atoms with van der Waals surface area (Å²) in [5, 5.41) is 11.5. The molecule has 0 unspecified atom stereocenters. The van der Waals surface area contributed by atoms with Gasteiger partial charge >= 0.3 is 5.97 Å². The van der Waals surface area contributed by atoms with Gasteiger partial charge < -0.3 is 19.6 Å². The number of carboxylic acids is 1. The quantitative estimate of drug-likeness (QED) is 0.781. The van der Waals surface area contributed by atoms with Crippen molar-refractivity contribution in [1.29, 1.82) is 0 Å². The molecule has 0 saturated heterocycles. The fourth-order valence-corrected chi connectivity index (χ4v) is 2.04. The van der Waals surface area contributed by atoms with Crippen molar-refractivity contribution in [2.75, 3.05) is 6.61 Å². The molecule has 1 aromatic heterocycles. The Hall–Kier alpha value is -2.76. The molecule has 23 heavy (non-hydrogen) atoms. The van der Waals surface area contributed by atoms with Gasteiger partial charge in [-0.2, -0.15) is 0 Å². The lowest BCUT2D eigenvalue weighted by Crippen LogP contribution is -2.22.